The van der Waals surface area contributed by atoms with E-state index >= 15 is 0 Å². The molecule has 0 aromatic carbocycles. The first-order valence-electron chi connectivity index (χ1n) is 5.61. The number of likely N-dealkylation sites (tertiary alicyclic amines) is 1. The molecule has 1 saturated heterocycles. The lowest BCUT2D eigenvalue weighted by Crippen LogP contribution is -2.39. The van der Waals surface area contributed by atoms with Crippen molar-refractivity contribution in [1.29, 1.82) is 0 Å². The Kier molecular flexibility index (Phi) is 5.10. The fraction of sp³-hybridized carbons (Fsp3) is 0.538. The Morgan fingerprint density at radius 1 is 1.35 bits per heavy atom. The molecule has 1 aliphatic rings. The van der Waals surface area contributed by atoms with Gasteiger partial charge in [-0.05, 0) is 30.9 Å². The van der Waals surface area contributed by atoms with E-state index in [0.717, 1.165) is 25.9 Å². The van der Waals surface area contributed by atoms with Crippen molar-refractivity contribution in [2.24, 2.45) is 5.92 Å². The zero-order valence-corrected chi connectivity index (χ0v) is 9.17. The summed E-state index contributed by atoms with van der Waals surface area (Å²) in [5, 5.41) is 9.02. The summed E-state index contributed by atoms with van der Waals surface area (Å²) in [6, 6.07) is 3.47. The Bertz CT molecular complexity index is 346. The van der Waals surface area contributed by atoms with Gasteiger partial charge in [0.2, 0.25) is 0 Å². The molecule has 1 aromatic rings. The zero-order valence-electron chi connectivity index (χ0n) is 9.17. The third-order valence-corrected chi connectivity index (χ3v) is 3.09. The molecule has 2 rings (SSSR count). The second kappa shape index (κ2) is 6.35. The highest BCUT2D eigenvalue weighted by molar-refractivity contribution is 5.94. The summed E-state index contributed by atoms with van der Waals surface area (Å²) in [7, 11) is 0. The molecule has 1 aliphatic heterocycles. The molecule has 1 N–H and O–H groups in total. The van der Waals surface area contributed by atoms with Gasteiger partial charge < -0.3 is 10.0 Å². The lowest BCUT2D eigenvalue weighted by molar-refractivity contribution is 0.0651. The summed E-state index contributed by atoms with van der Waals surface area (Å²) in [6.45, 7) is 1.72. The summed E-state index contributed by atoms with van der Waals surface area (Å²) in [5.74, 6) is 0.431. The molecule has 4 heteroatoms. The van der Waals surface area contributed by atoms with E-state index in [-0.39, 0.29) is 19.9 Å². The number of hydrogen-bond donors (Lipinski definition) is 1. The van der Waals surface area contributed by atoms with Crippen molar-refractivity contribution >= 4 is 5.91 Å². The number of amides is 1. The fourth-order valence-electron chi connectivity index (χ4n) is 2.00. The molecule has 1 fully saturated rings. The Balaban J connectivity index is 0.00000144. The molecule has 0 aliphatic carbocycles. The lowest BCUT2D eigenvalue weighted by atomic mass is 9.97. The van der Waals surface area contributed by atoms with Crippen LogP contribution in [0.4, 0.5) is 0 Å². The van der Waals surface area contributed by atoms with Crippen LogP contribution in [-0.4, -0.2) is 40.6 Å². The summed E-state index contributed by atoms with van der Waals surface area (Å²) in [6.07, 6.45) is 5.06. The van der Waals surface area contributed by atoms with E-state index < -0.39 is 0 Å². The fourth-order valence-corrected chi connectivity index (χ4v) is 2.00. The maximum atomic E-state index is 12.0. The number of aliphatic hydroxyl groups excluding tert-OH is 1. The van der Waals surface area contributed by atoms with Crippen LogP contribution in [0.15, 0.2) is 24.5 Å². The quantitative estimate of drug-likeness (QED) is 0.848. The minimum absolute atomic E-state index is 0. The van der Waals surface area contributed by atoms with Gasteiger partial charge in [0.1, 0.15) is 0 Å². The topological polar surface area (TPSA) is 53.4 Å². The summed E-state index contributed by atoms with van der Waals surface area (Å²) in [4.78, 5) is 17.8. The van der Waals surface area contributed by atoms with Crippen molar-refractivity contribution in [2.75, 3.05) is 19.7 Å². The van der Waals surface area contributed by atoms with E-state index in [0.29, 0.717) is 11.5 Å². The van der Waals surface area contributed by atoms with Crippen LogP contribution >= 0.6 is 0 Å². The number of pyridine rings is 1. The Morgan fingerprint density at radius 2 is 1.94 bits per heavy atom. The normalized spacial score (nSPS) is 16.4. The molecule has 17 heavy (non-hydrogen) atoms. The second-order valence-corrected chi connectivity index (χ2v) is 4.15. The van der Waals surface area contributed by atoms with Gasteiger partial charge in [0.05, 0.1) is 0 Å². The van der Waals surface area contributed by atoms with Crippen molar-refractivity contribution in [2.45, 2.75) is 20.3 Å². The van der Waals surface area contributed by atoms with E-state index in [1.54, 1.807) is 24.5 Å². The average Bonchev–Trinajstić information content (AvgIpc) is 2.39. The van der Waals surface area contributed by atoms with Crippen LogP contribution in [0.1, 0.15) is 30.6 Å². The van der Waals surface area contributed by atoms with E-state index in [2.05, 4.69) is 4.98 Å². The van der Waals surface area contributed by atoms with Crippen LogP contribution in [-0.2, 0) is 0 Å². The Morgan fingerprint density at radius 3 is 2.47 bits per heavy atom. The highest BCUT2D eigenvalue weighted by Crippen LogP contribution is 2.18. The first-order valence-corrected chi connectivity index (χ1v) is 5.61. The number of nitrogens with zero attached hydrogens (tertiary/aromatic N) is 2. The molecular weight excluding hydrogens is 216 g/mol. The molecule has 0 radical (unpaired) electrons. The highest BCUT2D eigenvalue weighted by atomic mass is 16.3. The summed E-state index contributed by atoms with van der Waals surface area (Å²) < 4.78 is 0. The third kappa shape index (κ3) is 3.27. The smallest absolute Gasteiger partial charge is 0.253 e. The van der Waals surface area contributed by atoms with Crippen LogP contribution in [0.25, 0.3) is 0 Å². The second-order valence-electron chi connectivity index (χ2n) is 4.15. The molecule has 0 saturated carbocycles. The van der Waals surface area contributed by atoms with Gasteiger partial charge in [-0.3, -0.25) is 9.78 Å². The molecule has 1 aromatic heterocycles. The van der Waals surface area contributed by atoms with Crippen molar-refractivity contribution in [3.8, 4) is 0 Å². The van der Waals surface area contributed by atoms with Crippen molar-refractivity contribution < 1.29 is 9.90 Å². The van der Waals surface area contributed by atoms with Gasteiger partial charge in [0.15, 0.2) is 0 Å². The molecule has 4 nitrogen and oxygen atoms in total. The number of hydrogen-bond acceptors (Lipinski definition) is 3. The van der Waals surface area contributed by atoms with Crippen LogP contribution in [0.3, 0.4) is 0 Å². The standard InChI is InChI=1S/C12H16N2O2.CH4/c15-9-10-3-7-14(8-4-10)12(16)11-1-5-13-6-2-11;/h1-2,5-6,10,15H,3-4,7-9H2;1H4. The van der Waals surface area contributed by atoms with Gasteiger partial charge in [-0.1, -0.05) is 7.43 Å². The van der Waals surface area contributed by atoms with Crippen LogP contribution in [0, 0.1) is 5.92 Å². The largest absolute Gasteiger partial charge is 0.396 e. The Hall–Kier alpha value is -1.42. The van der Waals surface area contributed by atoms with Gasteiger partial charge in [0, 0.05) is 37.7 Å². The molecular formula is C13H20N2O2. The van der Waals surface area contributed by atoms with E-state index in [9.17, 15) is 4.79 Å². The maximum absolute atomic E-state index is 12.0. The van der Waals surface area contributed by atoms with Crippen molar-refractivity contribution in [3.63, 3.8) is 0 Å². The number of aromatic nitrogens is 1. The van der Waals surface area contributed by atoms with Crippen LogP contribution < -0.4 is 0 Å². The molecule has 0 atom stereocenters. The molecule has 1 amide bonds. The number of rotatable bonds is 2. The highest BCUT2D eigenvalue weighted by Gasteiger charge is 2.22. The zero-order chi connectivity index (χ0) is 11.4. The van der Waals surface area contributed by atoms with E-state index in [1.165, 1.54) is 0 Å². The van der Waals surface area contributed by atoms with Gasteiger partial charge >= 0.3 is 0 Å². The molecule has 0 unspecified atom stereocenters. The summed E-state index contributed by atoms with van der Waals surface area (Å²) >= 11 is 0. The molecule has 94 valence electrons. The predicted octanol–water partition coefficient (Wildman–Crippen LogP) is 1.56. The minimum atomic E-state index is 0. The third-order valence-electron chi connectivity index (χ3n) is 3.09. The van der Waals surface area contributed by atoms with E-state index in [4.69, 9.17) is 5.11 Å². The lowest BCUT2D eigenvalue weighted by Gasteiger charge is -2.31. The number of piperidine rings is 1. The number of aliphatic hydroxyl groups is 1. The predicted molar refractivity (Wildman–Crippen MR) is 66.7 cm³/mol. The minimum Gasteiger partial charge on any atom is -0.396 e. The van der Waals surface area contributed by atoms with Gasteiger partial charge in [-0.15, -0.1) is 0 Å². The molecule has 0 spiro atoms. The SMILES string of the molecule is C.O=C(c1ccncc1)N1CCC(CO)CC1. The van der Waals surface area contributed by atoms with Gasteiger partial charge in [-0.2, -0.15) is 0 Å². The maximum Gasteiger partial charge on any atom is 0.253 e. The molecule has 0 bridgehead atoms. The Labute approximate surface area is 102 Å². The van der Waals surface area contributed by atoms with E-state index in [1.807, 2.05) is 4.90 Å². The van der Waals surface area contributed by atoms with Crippen LogP contribution in [0.2, 0.25) is 0 Å². The van der Waals surface area contributed by atoms with Gasteiger partial charge in [-0.25, -0.2) is 0 Å². The first-order chi connectivity index (χ1) is 7.81. The number of carbonyl (C=O) groups is 1. The van der Waals surface area contributed by atoms with Crippen molar-refractivity contribution in [1.82, 2.24) is 9.88 Å². The van der Waals surface area contributed by atoms with Crippen molar-refractivity contribution in [3.05, 3.63) is 30.1 Å². The van der Waals surface area contributed by atoms with Gasteiger partial charge in [0.25, 0.3) is 5.91 Å². The van der Waals surface area contributed by atoms with Crippen LogP contribution in [0.5, 0.6) is 0 Å². The molecule has 2 heterocycles. The average molecular weight is 236 g/mol. The number of carbonyl (C=O) groups excluding carboxylic acids is 1. The monoisotopic (exact) mass is 236 g/mol. The first kappa shape index (κ1) is 13.6. The summed E-state index contributed by atoms with van der Waals surface area (Å²) in [5.41, 5.74) is 0.692.